The van der Waals surface area contributed by atoms with Crippen molar-refractivity contribution in [1.82, 2.24) is 10.2 Å². The third kappa shape index (κ3) is 5.85. The predicted molar refractivity (Wildman–Crippen MR) is 97.3 cm³/mol. The molecular weight excluding hydrogens is 304 g/mol. The fourth-order valence-electron chi connectivity index (χ4n) is 2.63. The molecule has 6 heteroatoms. The largest absolute Gasteiger partial charge is 0.369 e. The highest BCUT2D eigenvalue weighted by atomic mass is 16.2. The van der Waals surface area contributed by atoms with E-state index < -0.39 is 0 Å². The van der Waals surface area contributed by atoms with E-state index in [-0.39, 0.29) is 23.8 Å². The van der Waals surface area contributed by atoms with Crippen LogP contribution in [-0.4, -0.2) is 55.5 Å². The molecule has 1 heterocycles. The molecule has 0 aromatic heterocycles. The van der Waals surface area contributed by atoms with Crippen molar-refractivity contribution >= 4 is 23.2 Å². The number of hydrogen-bond donors (Lipinski definition) is 2. The second-order valence-corrected chi connectivity index (χ2v) is 7.36. The molecule has 2 amide bonds. The van der Waals surface area contributed by atoms with Gasteiger partial charge < -0.3 is 20.4 Å². The quantitative estimate of drug-likeness (QED) is 0.824. The van der Waals surface area contributed by atoms with Crippen LogP contribution >= 0.6 is 0 Å². The third-order valence-corrected chi connectivity index (χ3v) is 3.86. The van der Waals surface area contributed by atoms with Crippen molar-refractivity contribution in [3.8, 4) is 0 Å². The number of rotatable bonds is 4. The Hall–Kier alpha value is -2.08. The van der Waals surface area contributed by atoms with Gasteiger partial charge in [0.1, 0.15) is 6.42 Å². The number of benzene rings is 1. The molecule has 24 heavy (non-hydrogen) atoms. The lowest BCUT2D eigenvalue weighted by atomic mass is 10.1. The number of hydrogen-bond acceptors (Lipinski definition) is 4. The SMILES string of the molecule is CN1CCN(c2ccc(NC(=O)CC(=O)NC(C)(C)C)cc2)CC1. The lowest BCUT2D eigenvalue weighted by Crippen LogP contribution is -2.44. The topological polar surface area (TPSA) is 64.7 Å². The number of piperazine rings is 1. The Bertz CT molecular complexity index is 570. The molecule has 1 aliphatic rings. The zero-order chi connectivity index (χ0) is 17.7. The third-order valence-electron chi connectivity index (χ3n) is 3.86. The molecule has 0 unspecified atom stereocenters. The Kier molecular flexibility index (Phi) is 5.83. The van der Waals surface area contributed by atoms with Crippen LogP contribution in [0, 0.1) is 0 Å². The minimum absolute atomic E-state index is 0.169. The maximum Gasteiger partial charge on any atom is 0.233 e. The van der Waals surface area contributed by atoms with Gasteiger partial charge in [-0.3, -0.25) is 9.59 Å². The highest BCUT2D eigenvalue weighted by Crippen LogP contribution is 2.19. The van der Waals surface area contributed by atoms with E-state index in [1.54, 1.807) is 0 Å². The maximum absolute atomic E-state index is 11.9. The van der Waals surface area contributed by atoms with Crippen LogP contribution in [0.1, 0.15) is 27.2 Å². The van der Waals surface area contributed by atoms with E-state index in [2.05, 4.69) is 27.5 Å². The summed E-state index contributed by atoms with van der Waals surface area (Å²) in [6, 6.07) is 7.78. The number of amides is 2. The first-order chi connectivity index (χ1) is 11.2. The number of carbonyl (C=O) groups is 2. The second-order valence-electron chi connectivity index (χ2n) is 7.36. The standard InChI is InChI=1S/C18H28N4O2/c1-18(2,3)20-17(24)13-16(23)19-14-5-7-15(8-6-14)22-11-9-21(4)10-12-22/h5-8H,9-13H2,1-4H3,(H,19,23)(H,20,24). The van der Waals surface area contributed by atoms with E-state index in [0.717, 1.165) is 31.9 Å². The summed E-state index contributed by atoms with van der Waals surface area (Å²) in [6.45, 7) is 9.80. The van der Waals surface area contributed by atoms with E-state index in [1.807, 2.05) is 45.0 Å². The summed E-state index contributed by atoms with van der Waals surface area (Å²) in [4.78, 5) is 28.4. The molecule has 0 spiro atoms. The van der Waals surface area contributed by atoms with Crippen molar-refractivity contribution in [2.75, 3.05) is 43.4 Å². The van der Waals surface area contributed by atoms with Crippen molar-refractivity contribution in [2.24, 2.45) is 0 Å². The molecule has 1 fully saturated rings. The summed E-state index contributed by atoms with van der Waals surface area (Å²) in [5.74, 6) is -0.571. The maximum atomic E-state index is 11.9. The van der Waals surface area contributed by atoms with E-state index in [9.17, 15) is 9.59 Å². The van der Waals surface area contributed by atoms with E-state index >= 15 is 0 Å². The Morgan fingerprint density at radius 3 is 2.12 bits per heavy atom. The molecule has 0 saturated carbocycles. The second kappa shape index (κ2) is 7.66. The van der Waals surface area contributed by atoms with Crippen molar-refractivity contribution < 1.29 is 9.59 Å². The number of nitrogens with one attached hydrogen (secondary N) is 2. The predicted octanol–water partition coefficient (Wildman–Crippen LogP) is 1.68. The molecule has 1 saturated heterocycles. The molecule has 2 rings (SSSR count). The number of nitrogens with zero attached hydrogens (tertiary/aromatic N) is 2. The number of anilines is 2. The van der Waals surface area contributed by atoms with Crippen LogP contribution in [-0.2, 0) is 9.59 Å². The lowest BCUT2D eigenvalue weighted by Gasteiger charge is -2.34. The average molecular weight is 332 g/mol. The first-order valence-corrected chi connectivity index (χ1v) is 8.37. The monoisotopic (exact) mass is 332 g/mol. The fraction of sp³-hybridized carbons (Fsp3) is 0.556. The van der Waals surface area contributed by atoms with Gasteiger partial charge >= 0.3 is 0 Å². The van der Waals surface area contributed by atoms with Gasteiger partial charge in [-0.2, -0.15) is 0 Å². The molecule has 1 aliphatic heterocycles. The van der Waals surface area contributed by atoms with Crippen LogP contribution in [0.5, 0.6) is 0 Å². The first-order valence-electron chi connectivity index (χ1n) is 8.37. The molecule has 0 radical (unpaired) electrons. The van der Waals surface area contributed by atoms with Gasteiger partial charge in [0.05, 0.1) is 0 Å². The average Bonchev–Trinajstić information content (AvgIpc) is 2.46. The Balaban J connectivity index is 1.85. The van der Waals surface area contributed by atoms with E-state index in [4.69, 9.17) is 0 Å². The summed E-state index contributed by atoms with van der Waals surface area (Å²) in [5.41, 5.74) is 1.54. The van der Waals surface area contributed by atoms with Gasteiger partial charge in [0, 0.05) is 43.1 Å². The van der Waals surface area contributed by atoms with Crippen molar-refractivity contribution in [2.45, 2.75) is 32.7 Å². The van der Waals surface area contributed by atoms with E-state index in [1.165, 1.54) is 0 Å². The van der Waals surface area contributed by atoms with Gasteiger partial charge in [0.2, 0.25) is 11.8 Å². The summed E-state index contributed by atoms with van der Waals surface area (Å²) >= 11 is 0. The van der Waals surface area contributed by atoms with Gasteiger partial charge in [-0.25, -0.2) is 0 Å². The summed E-state index contributed by atoms with van der Waals surface area (Å²) in [5, 5.41) is 5.55. The first kappa shape index (κ1) is 18.3. The summed E-state index contributed by atoms with van der Waals surface area (Å²) in [6.07, 6.45) is -0.169. The van der Waals surface area contributed by atoms with Crippen LogP contribution in [0.4, 0.5) is 11.4 Å². The smallest absolute Gasteiger partial charge is 0.233 e. The highest BCUT2D eigenvalue weighted by molar-refractivity contribution is 6.03. The van der Waals surface area contributed by atoms with Gasteiger partial charge in [-0.15, -0.1) is 0 Å². The minimum atomic E-state index is -0.332. The Morgan fingerprint density at radius 1 is 1.00 bits per heavy atom. The molecule has 0 aliphatic carbocycles. The summed E-state index contributed by atoms with van der Waals surface area (Å²) in [7, 11) is 2.13. The minimum Gasteiger partial charge on any atom is -0.369 e. The van der Waals surface area contributed by atoms with Crippen LogP contribution < -0.4 is 15.5 Å². The molecule has 0 bridgehead atoms. The Morgan fingerprint density at radius 2 is 1.58 bits per heavy atom. The zero-order valence-corrected chi connectivity index (χ0v) is 15.1. The Labute approximate surface area is 144 Å². The van der Waals surface area contributed by atoms with Gasteiger partial charge in [0.15, 0.2) is 0 Å². The van der Waals surface area contributed by atoms with Gasteiger partial charge in [0.25, 0.3) is 0 Å². The molecular formula is C18H28N4O2. The number of likely N-dealkylation sites (N-methyl/N-ethyl adjacent to an activating group) is 1. The molecule has 2 N–H and O–H groups in total. The molecule has 0 atom stereocenters. The van der Waals surface area contributed by atoms with Gasteiger partial charge in [-0.05, 0) is 52.1 Å². The van der Waals surface area contributed by atoms with Crippen LogP contribution in [0.25, 0.3) is 0 Å². The van der Waals surface area contributed by atoms with Crippen molar-refractivity contribution in [1.29, 1.82) is 0 Å². The van der Waals surface area contributed by atoms with Gasteiger partial charge in [-0.1, -0.05) is 0 Å². The zero-order valence-electron chi connectivity index (χ0n) is 15.1. The van der Waals surface area contributed by atoms with E-state index in [0.29, 0.717) is 5.69 Å². The van der Waals surface area contributed by atoms with Crippen molar-refractivity contribution in [3.05, 3.63) is 24.3 Å². The van der Waals surface area contributed by atoms with Crippen LogP contribution in [0.2, 0.25) is 0 Å². The molecule has 1 aromatic rings. The normalized spacial score (nSPS) is 15.9. The summed E-state index contributed by atoms with van der Waals surface area (Å²) < 4.78 is 0. The lowest BCUT2D eigenvalue weighted by molar-refractivity contribution is -0.127. The molecule has 132 valence electrons. The van der Waals surface area contributed by atoms with Crippen LogP contribution in [0.3, 0.4) is 0 Å². The number of carbonyl (C=O) groups excluding carboxylic acids is 2. The molecule has 1 aromatic carbocycles. The van der Waals surface area contributed by atoms with Crippen LogP contribution in [0.15, 0.2) is 24.3 Å². The van der Waals surface area contributed by atoms with Crippen molar-refractivity contribution in [3.63, 3.8) is 0 Å². The fourth-order valence-corrected chi connectivity index (χ4v) is 2.63. The molecule has 6 nitrogen and oxygen atoms in total. The highest BCUT2D eigenvalue weighted by Gasteiger charge is 2.17.